The van der Waals surface area contributed by atoms with Gasteiger partial charge in [-0.05, 0) is 65.4 Å². The molecule has 5 aromatic rings. The van der Waals surface area contributed by atoms with Crippen LogP contribution in [-0.4, -0.2) is 9.97 Å². The highest BCUT2D eigenvalue weighted by molar-refractivity contribution is 6.11. The van der Waals surface area contributed by atoms with Crippen molar-refractivity contribution in [3.05, 3.63) is 95.9 Å². The number of rotatable bonds is 5. The smallest absolute Gasteiger partial charge is 0.145 e. The molecule has 1 aliphatic carbocycles. The summed E-state index contributed by atoms with van der Waals surface area (Å²) in [6.45, 7) is 2.26. The molecule has 164 valence electrons. The summed E-state index contributed by atoms with van der Waals surface area (Å²) in [5.41, 5.74) is 7.82. The van der Waals surface area contributed by atoms with Crippen molar-refractivity contribution in [2.24, 2.45) is 5.92 Å². The summed E-state index contributed by atoms with van der Waals surface area (Å²) < 4.78 is 6.49. The van der Waals surface area contributed by atoms with E-state index in [0.29, 0.717) is 0 Å². The Morgan fingerprint density at radius 2 is 1.76 bits per heavy atom. The van der Waals surface area contributed by atoms with E-state index in [-0.39, 0.29) is 5.92 Å². The minimum absolute atomic E-state index is 0.229. The fraction of sp³-hybridized carbons (Fsp3) is 0.267. The fourth-order valence-electron chi connectivity index (χ4n) is 5.54. The standard InChI is InChI=1S/C30H28N2O/c1-20(23-13-15-31-16-14-23)24-10-11-25(30-29(24)26-8-4-5-9-28(26)33-30)27-19-22(12-17-32-27)18-21-6-2-3-7-21/h4-5,8-17,19-21H,2-3,6-7,18H2,1H3. The maximum Gasteiger partial charge on any atom is 0.145 e. The summed E-state index contributed by atoms with van der Waals surface area (Å²) in [5.74, 6) is 1.04. The van der Waals surface area contributed by atoms with Crippen LogP contribution >= 0.6 is 0 Å². The molecule has 3 aromatic heterocycles. The average Bonchev–Trinajstić information content (AvgIpc) is 3.52. The minimum atomic E-state index is 0.229. The van der Waals surface area contributed by atoms with Crippen LogP contribution in [0.1, 0.15) is 55.2 Å². The van der Waals surface area contributed by atoms with Gasteiger partial charge in [-0.3, -0.25) is 9.97 Å². The monoisotopic (exact) mass is 432 g/mol. The molecule has 2 aromatic carbocycles. The number of aromatic nitrogens is 2. The Morgan fingerprint density at radius 3 is 2.61 bits per heavy atom. The van der Waals surface area contributed by atoms with Crippen LogP contribution < -0.4 is 0 Å². The Morgan fingerprint density at radius 1 is 0.939 bits per heavy atom. The maximum atomic E-state index is 6.49. The summed E-state index contributed by atoms with van der Waals surface area (Å²) in [5, 5.41) is 2.35. The summed E-state index contributed by atoms with van der Waals surface area (Å²) >= 11 is 0. The summed E-state index contributed by atoms with van der Waals surface area (Å²) in [7, 11) is 0. The Balaban J connectivity index is 1.50. The normalized spacial score (nSPS) is 15.4. The quantitative estimate of drug-likeness (QED) is 0.283. The van der Waals surface area contributed by atoms with Crippen LogP contribution in [0.5, 0.6) is 0 Å². The van der Waals surface area contributed by atoms with Gasteiger partial charge in [0.25, 0.3) is 0 Å². The molecule has 0 saturated heterocycles. The third kappa shape index (κ3) is 3.72. The van der Waals surface area contributed by atoms with Crippen LogP contribution in [0.25, 0.3) is 33.2 Å². The van der Waals surface area contributed by atoms with Gasteiger partial charge in [-0.2, -0.15) is 0 Å². The zero-order valence-electron chi connectivity index (χ0n) is 19.0. The van der Waals surface area contributed by atoms with Gasteiger partial charge < -0.3 is 4.42 Å². The van der Waals surface area contributed by atoms with Crippen molar-refractivity contribution in [3.63, 3.8) is 0 Å². The number of pyridine rings is 2. The molecular formula is C30H28N2O. The summed E-state index contributed by atoms with van der Waals surface area (Å²) in [4.78, 5) is 8.96. The second kappa shape index (κ2) is 8.47. The van der Waals surface area contributed by atoms with E-state index < -0.39 is 0 Å². The van der Waals surface area contributed by atoms with E-state index in [2.05, 4.69) is 66.5 Å². The molecule has 1 fully saturated rings. The van der Waals surface area contributed by atoms with Crippen molar-refractivity contribution >= 4 is 21.9 Å². The molecule has 1 aliphatic rings. The molecule has 33 heavy (non-hydrogen) atoms. The molecule has 0 spiro atoms. The van der Waals surface area contributed by atoms with Crippen LogP contribution in [0.4, 0.5) is 0 Å². The SMILES string of the molecule is CC(c1ccncc1)c1ccc(-c2cc(CC3CCCC3)ccn2)c2oc3ccccc3c12. The zero-order valence-corrected chi connectivity index (χ0v) is 19.0. The second-order valence-corrected chi connectivity index (χ2v) is 9.41. The minimum Gasteiger partial charge on any atom is -0.455 e. The van der Waals surface area contributed by atoms with Crippen LogP contribution in [0.2, 0.25) is 0 Å². The highest BCUT2D eigenvalue weighted by Crippen LogP contribution is 2.41. The number of hydrogen-bond acceptors (Lipinski definition) is 3. The van der Waals surface area contributed by atoms with E-state index in [0.717, 1.165) is 40.1 Å². The Bertz CT molecular complexity index is 1410. The van der Waals surface area contributed by atoms with Crippen LogP contribution in [-0.2, 0) is 6.42 Å². The Labute approximate surface area is 194 Å². The average molecular weight is 433 g/mol. The number of para-hydroxylation sites is 1. The lowest BCUT2D eigenvalue weighted by Crippen LogP contribution is -2.00. The van der Waals surface area contributed by atoms with E-state index in [9.17, 15) is 0 Å². The van der Waals surface area contributed by atoms with Gasteiger partial charge in [0.1, 0.15) is 11.2 Å². The van der Waals surface area contributed by atoms with Gasteiger partial charge >= 0.3 is 0 Å². The highest BCUT2D eigenvalue weighted by Gasteiger charge is 2.21. The molecule has 1 saturated carbocycles. The molecule has 3 heteroatoms. The first kappa shape index (κ1) is 20.2. The largest absolute Gasteiger partial charge is 0.455 e. The molecule has 1 unspecified atom stereocenters. The fourth-order valence-corrected chi connectivity index (χ4v) is 5.54. The Kier molecular flexibility index (Phi) is 5.18. The Hall–Kier alpha value is -3.46. The van der Waals surface area contributed by atoms with Crippen LogP contribution in [0.15, 0.2) is 83.7 Å². The number of nitrogens with zero attached hydrogens (tertiary/aromatic N) is 2. The van der Waals surface area contributed by atoms with Crippen molar-refractivity contribution in [1.82, 2.24) is 9.97 Å². The van der Waals surface area contributed by atoms with Gasteiger partial charge in [0.15, 0.2) is 0 Å². The molecule has 0 N–H and O–H groups in total. The van der Waals surface area contributed by atoms with Gasteiger partial charge in [-0.1, -0.05) is 56.9 Å². The van der Waals surface area contributed by atoms with E-state index >= 15 is 0 Å². The molecule has 0 bridgehead atoms. The summed E-state index contributed by atoms with van der Waals surface area (Å²) in [6.07, 6.45) is 12.3. The molecule has 0 aliphatic heterocycles. The molecule has 0 radical (unpaired) electrons. The molecule has 1 atom stereocenters. The third-order valence-electron chi connectivity index (χ3n) is 7.33. The lowest BCUT2D eigenvalue weighted by Gasteiger charge is -2.15. The van der Waals surface area contributed by atoms with Crippen LogP contribution in [0.3, 0.4) is 0 Å². The van der Waals surface area contributed by atoms with Crippen molar-refractivity contribution in [3.8, 4) is 11.3 Å². The van der Waals surface area contributed by atoms with Gasteiger partial charge in [-0.25, -0.2) is 0 Å². The molecule has 3 nitrogen and oxygen atoms in total. The predicted octanol–water partition coefficient (Wildman–Crippen LogP) is 7.93. The number of fused-ring (bicyclic) bond motifs is 3. The van der Waals surface area contributed by atoms with Crippen molar-refractivity contribution in [2.45, 2.75) is 44.9 Å². The summed E-state index contributed by atoms with van der Waals surface area (Å²) in [6, 6.07) is 21.4. The van der Waals surface area contributed by atoms with E-state index in [1.807, 2.05) is 24.7 Å². The number of hydrogen-bond donors (Lipinski definition) is 0. The van der Waals surface area contributed by atoms with Gasteiger partial charge in [0, 0.05) is 40.8 Å². The highest BCUT2D eigenvalue weighted by atomic mass is 16.3. The van der Waals surface area contributed by atoms with Gasteiger partial charge in [0.2, 0.25) is 0 Å². The molecule has 0 amide bonds. The zero-order chi connectivity index (χ0) is 22.2. The van der Waals surface area contributed by atoms with E-state index in [1.54, 1.807) is 0 Å². The van der Waals surface area contributed by atoms with Crippen LogP contribution in [0, 0.1) is 5.92 Å². The molecule has 6 rings (SSSR count). The van der Waals surface area contributed by atoms with Gasteiger partial charge in [-0.15, -0.1) is 0 Å². The van der Waals surface area contributed by atoms with Gasteiger partial charge in [0.05, 0.1) is 5.69 Å². The number of benzene rings is 2. The topological polar surface area (TPSA) is 38.9 Å². The second-order valence-electron chi connectivity index (χ2n) is 9.41. The van der Waals surface area contributed by atoms with Crippen molar-refractivity contribution in [2.75, 3.05) is 0 Å². The first-order valence-electron chi connectivity index (χ1n) is 12.1. The van der Waals surface area contributed by atoms with Crippen molar-refractivity contribution in [1.29, 1.82) is 0 Å². The predicted molar refractivity (Wildman–Crippen MR) is 134 cm³/mol. The molecular weight excluding hydrogens is 404 g/mol. The lowest BCUT2D eigenvalue weighted by atomic mass is 9.88. The first-order chi connectivity index (χ1) is 16.3. The van der Waals surface area contributed by atoms with Crippen molar-refractivity contribution < 1.29 is 4.42 Å². The lowest BCUT2D eigenvalue weighted by molar-refractivity contribution is 0.546. The first-order valence-corrected chi connectivity index (χ1v) is 12.1. The third-order valence-corrected chi connectivity index (χ3v) is 7.33. The number of furan rings is 1. The molecule has 3 heterocycles. The van der Waals surface area contributed by atoms with E-state index in [4.69, 9.17) is 9.40 Å². The maximum absolute atomic E-state index is 6.49. The van der Waals surface area contributed by atoms with E-state index in [1.165, 1.54) is 47.8 Å².